The van der Waals surface area contributed by atoms with Crippen molar-refractivity contribution in [1.82, 2.24) is 0 Å². The van der Waals surface area contributed by atoms with Crippen molar-refractivity contribution in [3.8, 4) is 0 Å². The summed E-state index contributed by atoms with van der Waals surface area (Å²) in [5, 5.41) is 0. The molecule has 0 saturated heterocycles. The molecule has 0 fully saturated rings. The van der Waals surface area contributed by atoms with Crippen LogP contribution < -0.4 is 0 Å². The highest BCUT2D eigenvalue weighted by Crippen LogP contribution is 2.21. The highest BCUT2D eigenvalue weighted by molar-refractivity contribution is 9.11. The van der Waals surface area contributed by atoms with Gasteiger partial charge < -0.3 is 0 Å². The van der Waals surface area contributed by atoms with Crippen molar-refractivity contribution in [2.45, 2.75) is 64.7 Å². The molecule has 0 atom stereocenters. The van der Waals surface area contributed by atoms with E-state index in [2.05, 4.69) is 57.0 Å². The van der Waals surface area contributed by atoms with Crippen LogP contribution in [0.25, 0.3) is 0 Å². The fourth-order valence-corrected chi connectivity index (χ4v) is 3.61. The minimum absolute atomic E-state index is 1.17. The molecule has 0 aliphatic rings. The molecule has 1 aromatic carbocycles. The second-order valence-electron chi connectivity index (χ2n) is 5.00. The summed E-state index contributed by atoms with van der Waals surface area (Å²) < 4.78 is 2.35. The van der Waals surface area contributed by atoms with Gasteiger partial charge in [-0.1, -0.05) is 83.7 Å². The van der Waals surface area contributed by atoms with E-state index in [1.54, 1.807) is 0 Å². The van der Waals surface area contributed by atoms with Crippen molar-refractivity contribution in [2.24, 2.45) is 0 Å². The van der Waals surface area contributed by atoms with Gasteiger partial charge in [-0.15, -0.1) is 0 Å². The zero-order valence-corrected chi connectivity index (χ0v) is 14.5. The number of rotatable bonds is 9. The number of unbranched alkanes of at least 4 members (excludes halogenated alkanes) is 7. The van der Waals surface area contributed by atoms with E-state index in [9.17, 15) is 0 Å². The van der Waals surface area contributed by atoms with E-state index in [-0.39, 0.29) is 0 Å². The third-order valence-corrected chi connectivity index (χ3v) is 4.16. The monoisotopic (exact) mass is 374 g/mol. The van der Waals surface area contributed by atoms with Crippen molar-refractivity contribution < 1.29 is 0 Å². The molecule has 0 amide bonds. The highest BCUT2D eigenvalue weighted by Gasteiger charge is 1.98. The number of aryl methyl sites for hydroxylation is 1. The average molecular weight is 376 g/mol. The molecule has 1 aromatic rings. The Morgan fingerprint density at radius 1 is 0.722 bits per heavy atom. The van der Waals surface area contributed by atoms with E-state index in [0.29, 0.717) is 0 Å². The highest BCUT2D eigenvalue weighted by atomic mass is 79.9. The smallest absolute Gasteiger partial charge is 0.0189 e. The molecular weight excluding hydrogens is 352 g/mol. The van der Waals surface area contributed by atoms with Crippen molar-refractivity contribution in [2.75, 3.05) is 0 Å². The Hall–Kier alpha value is 0.180. The lowest BCUT2D eigenvalue weighted by Crippen LogP contribution is -1.87. The molecule has 0 bridgehead atoms. The zero-order valence-electron chi connectivity index (χ0n) is 11.4. The molecule has 18 heavy (non-hydrogen) atoms. The Bertz CT molecular complexity index is 314. The summed E-state index contributed by atoms with van der Waals surface area (Å²) in [7, 11) is 0. The molecule has 0 spiro atoms. The second-order valence-corrected chi connectivity index (χ2v) is 6.83. The van der Waals surface area contributed by atoms with Gasteiger partial charge in [-0.25, -0.2) is 0 Å². The lowest BCUT2D eigenvalue weighted by molar-refractivity contribution is 0.575. The van der Waals surface area contributed by atoms with Crippen LogP contribution >= 0.6 is 31.9 Å². The first-order valence-corrected chi connectivity index (χ1v) is 8.76. The molecule has 0 N–H and O–H groups in total. The Kier molecular flexibility index (Phi) is 9.04. The van der Waals surface area contributed by atoms with Crippen LogP contribution in [0.2, 0.25) is 0 Å². The van der Waals surface area contributed by atoms with Crippen molar-refractivity contribution in [3.05, 3.63) is 32.7 Å². The van der Waals surface area contributed by atoms with Gasteiger partial charge in [0.2, 0.25) is 0 Å². The minimum Gasteiger partial charge on any atom is -0.0654 e. The van der Waals surface area contributed by atoms with Crippen LogP contribution in [0.1, 0.15) is 63.9 Å². The van der Waals surface area contributed by atoms with E-state index in [0.717, 1.165) is 0 Å². The maximum absolute atomic E-state index is 3.54. The summed E-state index contributed by atoms with van der Waals surface area (Å²) in [6.45, 7) is 2.27. The summed E-state index contributed by atoms with van der Waals surface area (Å²) in [5.41, 5.74) is 1.43. The molecule has 0 aromatic heterocycles. The van der Waals surface area contributed by atoms with Gasteiger partial charge >= 0.3 is 0 Å². The predicted molar refractivity (Wildman–Crippen MR) is 88.2 cm³/mol. The summed E-state index contributed by atoms with van der Waals surface area (Å²) in [5.74, 6) is 0. The van der Waals surface area contributed by atoms with Gasteiger partial charge in [0.25, 0.3) is 0 Å². The lowest BCUT2D eigenvalue weighted by atomic mass is 10.0. The summed E-state index contributed by atoms with van der Waals surface area (Å²) in [4.78, 5) is 0. The fraction of sp³-hybridized carbons (Fsp3) is 0.625. The number of hydrogen-bond acceptors (Lipinski definition) is 0. The molecule has 0 radical (unpaired) electrons. The van der Waals surface area contributed by atoms with Gasteiger partial charge in [0, 0.05) is 8.95 Å². The Morgan fingerprint density at radius 3 is 1.78 bits per heavy atom. The maximum atomic E-state index is 3.54. The number of halogens is 2. The van der Waals surface area contributed by atoms with Gasteiger partial charge in [0.1, 0.15) is 0 Å². The molecule has 0 nitrogen and oxygen atoms in total. The number of hydrogen-bond donors (Lipinski definition) is 0. The molecule has 0 unspecified atom stereocenters. The van der Waals surface area contributed by atoms with Crippen LogP contribution in [0, 0.1) is 0 Å². The topological polar surface area (TPSA) is 0 Å². The van der Waals surface area contributed by atoms with Crippen molar-refractivity contribution in [1.29, 1.82) is 0 Å². The summed E-state index contributed by atoms with van der Waals surface area (Å²) in [6.07, 6.45) is 12.3. The molecule has 0 heterocycles. The van der Waals surface area contributed by atoms with Crippen LogP contribution in [0.3, 0.4) is 0 Å². The molecule has 1 rings (SSSR count). The molecular formula is C16H24Br2. The Morgan fingerprint density at radius 2 is 1.22 bits per heavy atom. The summed E-state index contributed by atoms with van der Waals surface area (Å²) in [6, 6.07) is 6.55. The first kappa shape index (κ1) is 16.2. The molecule has 2 heteroatoms. The van der Waals surface area contributed by atoms with Gasteiger partial charge in [0.15, 0.2) is 0 Å². The average Bonchev–Trinajstić information content (AvgIpc) is 2.31. The van der Waals surface area contributed by atoms with E-state index in [4.69, 9.17) is 0 Å². The Labute approximate surface area is 129 Å². The zero-order chi connectivity index (χ0) is 13.2. The van der Waals surface area contributed by atoms with Crippen LogP contribution in [0.4, 0.5) is 0 Å². The van der Waals surface area contributed by atoms with E-state index >= 15 is 0 Å². The first-order valence-electron chi connectivity index (χ1n) is 7.17. The Balaban J connectivity index is 2.07. The largest absolute Gasteiger partial charge is 0.0654 e. The quantitative estimate of drug-likeness (QED) is 0.412. The molecule has 0 aliphatic heterocycles. The van der Waals surface area contributed by atoms with Crippen LogP contribution in [-0.4, -0.2) is 0 Å². The molecule has 102 valence electrons. The lowest BCUT2D eigenvalue weighted by Gasteiger charge is -2.04. The third kappa shape index (κ3) is 7.58. The van der Waals surface area contributed by atoms with Gasteiger partial charge in [-0.2, -0.15) is 0 Å². The normalized spacial score (nSPS) is 10.8. The molecule has 0 aliphatic carbocycles. The first-order chi connectivity index (χ1) is 8.72. The number of benzene rings is 1. The molecule has 0 saturated carbocycles. The van der Waals surface area contributed by atoms with Gasteiger partial charge in [-0.3, -0.25) is 0 Å². The second kappa shape index (κ2) is 10.0. The van der Waals surface area contributed by atoms with Crippen LogP contribution in [0.5, 0.6) is 0 Å². The van der Waals surface area contributed by atoms with Gasteiger partial charge in [0.05, 0.1) is 0 Å². The van der Waals surface area contributed by atoms with E-state index < -0.39 is 0 Å². The van der Waals surface area contributed by atoms with E-state index in [1.807, 2.05) is 0 Å². The third-order valence-electron chi connectivity index (χ3n) is 3.24. The SMILES string of the molecule is CCCCCCCCCCc1cc(Br)cc(Br)c1. The van der Waals surface area contributed by atoms with Crippen LogP contribution in [-0.2, 0) is 6.42 Å². The van der Waals surface area contributed by atoms with Gasteiger partial charge in [-0.05, 0) is 36.6 Å². The maximum Gasteiger partial charge on any atom is 0.0189 e. The van der Waals surface area contributed by atoms with E-state index in [1.165, 1.54) is 72.3 Å². The van der Waals surface area contributed by atoms with Crippen molar-refractivity contribution >= 4 is 31.9 Å². The van der Waals surface area contributed by atoms with Crippen molar-refractivity contribution in [3.63, 3.8) is 0 Å². The predicted octanol–water partition coefficient (Wildman–Crippen LogP) is 6.89. The fourth-order valence-electron chi connectivity index (χ4n) is 2.22. The summed E-state index contributed by atoms with van der Waals surface area (Å²) >= 11 is 7.08. The van der Waals surface area contributed by atoms with Crippen LogP contribution in [0.15, 0.2) is 27.1 Å². The standard InChI is InChI=1S/C16H24Br2/c1-2-3-4-5-6-7-8-9-10-14-11-15(17)13-16(18)12-14/h11-13H,2-10H2,1H3. The minimum atomic E-state index is 1.17.